The third-order valence-corrected chi connectivity index (χ3v) is 2.91. The molecular formula is C14H8O2. The highest BCUT2D eigenvalue weighted by Gasteiger charge is 2.27. The van der Waals surface area contributed by atoms with Crippen LogP contribution in [0.1, 0.15) is 26.3 Å². The molecule has 2 nitrogen and oxygen atoms in total. The quantitative estimate of drug-likeness (QED) is 0.576. The fourth-order valence-electron chi connectivity index (χ4n) is 2.20. The van der Waals surface area contributed by atoms with Gasteiger partial charge in [-0.15, -0.1) is 0 Å². The first-order valence-electron chi connectivity index (χ1n) is 5.05. The van der Waals surface area contributed by atoms with E-state index in [1.807, 2.05) is 18.2 Å². The van der Waals surface area contributed by atoms with Crippen LogP contribution in [0.4, 0.5) is 0 Å². The van der Waals surface area contributed by atoms with Gasteiger partial charge in [-0.2, -0.15) is 0 Å². The Kier molecular flexibility index (Phi) is 1.77. The highest BCUT2D eigenvalue weighted by Crippen LogP contribution is 2.37. The van der Waals surface area contributed by atoms with E-state index < -0.39 is 0 Å². The van der Waals surface area contributed by atoms with Crippen LogP contribution in [0.15, 0.2) is 42.5 Å². The molecule has 0 aromatic heterocycles. The molecule has 76 valence electrons. The maximum absolute atomic E-state index is 12.0. The number of aldehydes is 1. The average molecular weight is 208 g/mol. The average Bonchev–Trinajstić information content (AvgIpc) is 2.64. The molecule has 0 heterocycles. The highest BCUT2D eigenvalue weighted by molar-refractivity contribution is 6.23. The summed E-state index contributed by atoms with van der Waals surface area (Å²) in [6.07, 6.45) is 0.800. The molecule has 0 spiro atoms. The summed E-state index contributed by atoms with van der Waals surface area (Å²) in [5, 5.41) is 0. The molecule has 0 aliphatic heterocycles. The number of carbonyl (C=O) groups is 2. The molecule has 2 aromatic rings. The number of hydrogen-bond donors (Lipinski definition) is 0. The van der Waals surface area contributed by atoms with Crippen LogP contribution >= 0.6 is 0 Å². The zero-order valence-electron chi connectivity index (χ0n) is 8.44. The summed E-state index contributed by atoms with van der Waals surface area (Å²) in [4.78, 5) is 23.0. The number of ketones is 1. The van der Waals surface area contributed by atoms with Crippen molar-refractivity contribution in [3.63, 3.8) is 0 Å². The second kappa shape index (κ2) is 3.14. The van der Waals surface area contributed by atoms with Gasteiger partial charge in [-0.05, 0) is 5.56 Å². The first kappa shape index (κ1) is 9.04. The molecule has 0 saturated carbocycles. The van der Waals surface area contributed by atoms with Crippen LogP contribution in [0.5, 0.6) is 0 Å². The maximum Gasteiger partial charge on any atom is 0.194 e. The minimum absolute atomic E-state index is 0.00861. The van der Waals surface area contributed by atoms with Crippen molar-refractivity contribution in [2.75, 3.05) is 0 Å². The molecule has 0 atom stereocenters. The summed E-state index contributed by atoms with van der Waals surface area (Å²) in [5.41, 5.74) is 3.54. The molecule has 0 unspecified atom stereocenters. The van der Waals surface area contributed by atoms with Gasteiger partial charge in [-0.1, -0.05) is 42.5 Å². The van der Waals surface area contributed by atoms with Crippen LogP contribution < -0.4 is 0 Å². The number of hydrogen-bond acceptors (Lipinski definition) is 2. The normalized spacial score (nSPS) is 12.1. The van der Waals surface area contributed by atoms with E-state index in [0.717, 1.165) is 17.4 Å². The predicted molar refractivity (Wildman–Crippen MR) is 60.7 cm³/mol. The molecule has 1 aliphatic carbocycles. The highest BCUT2D eigenvalue weighted by atomic mass is 16.1. The number of benzene rings is 2. The van der Waals surface area contributed by atoms with Gasteiger partial charge in [-0.3, -0.25) is 9.59 Å². The molecule has 0 N–H and O–H groups in total. The molecule has 2 heteroatoms. The number of fused-ring (bicyclic) bond motifs is 3. The summed E-state index contributed by atoms with van der Waals surface area (Å²) in [6, 6.07) is 12.6. The lowest BCUT2D eigenvalue weighted by atomic mass is 10.0. The van der Waals surface area contributed by atoms with E-state index in [2.05, 4.69) is 0 Å². The summed E-state index contributed by atoms with van der Waals surface area (Å²) < 4.78 is 0. The van der Waals surface area contributed by atoms with E-state index in [1.54, 1.807) is 24.3 Å². The molecule has 0 amide bonds. The molecule has 0 saturated heterocycles. The van der Waals surface area contributed by atoms with Gasteiger partial charge in [0.05, 0.1) is 0 Å². The van der Waals surface area contributed by atoms with E-state index in [-0.39, 0.29) is 5.78 Å². The smallest absolute Gasteiger partial charge is 0.194 e. The van der Waals surface area contributed by atoms with Gasteiger partial charge in [-0.25, -0.2) is 0 Å². The third kappa shape index (κ3) is 1.01. The van der Waals surface area contributed by atoms with Gasteiger partial charge in [0.25, 0.3) is 0 Å². The van der Waals surface area contributed by atoms with E-state index in [9.17, 15) is 9.59 Å². The number of rotatable bonds is 1. The van der Waals surface area contributed by atoms with E-state index in [0.29, 0.717) is 16.7 Å². The Morgan fingerprint density at radius 2 is 1.50 bits per heavy atom. The van der Waals surface area contributed by atoms with Gasteiger partial charge in [0.15, 0.2) is 12.1 Å². The summed E-state index contributed by atoms with van der Waals surface area (Å²) in [5.74, 6) is 0.00861. The van der Waals surface area contributed by atoms with Crippen molar-refractivity contribution in [2.24, 2.45) is 0 Å². The largest absolute Gasteiger partial charge is 0.298 e. The summed E-state index contributed by atoms with van der Waals surface area (Å²) in [6.45, 7) is 0. The fraction of sp³-hybridized carbons (Fsp3) is 0. The molecule has 3 rings (SSSR count). The SMILES string of the molecule is O=Cc1cccc2c1-c1ccccc1C2=O. The van der Waals surface area contributed by atoms with E-state index >= 15 is 0 Å². The molecule has 2 aromatic carbocycles. The predicted octanol–water partition coefficient (Wildman–Crippen LogP) is 2.71. The molecule has 0 radical (unpaired) electrons. The third-order valence-electron chi connectivity index (χ3n) is 2.91. The van der Waals surface area contributed by atoms with Crippen LogP contribution in [-0.2, 0) is 0 Å². The van der Waals surface area contributed by atoms with Crippen molar-refractivity contribution in [2.45, 2.75) is 0 Å². The molecule has 0 bridgehead atoms. The lowest BCUT2D eigenvalue weighted by Crippen LogP contribution is -1.95. The minimum atomic E-state index is 0.00861. The molecular weight excluding hydrogens is 200 g/mol. The standard InChI is InChI=1S/C14H8O2/c15-8-9-4-3-7-12-13(9)10-5-1-2-6-11(10)14(12)16/h1-8H. The monoisotopic (exact) mass is 208 g/mol. The first-order valence-corrected chi connectivity index (χ1v) is 5.05. The van der Waals surface area contributed by atoms with Crippen molar-refractivity contribution >= 4 is 12.1 Å². The zero-order valence-corrected chi connectivity index (χ0v) is 8.44. The molecule has 0 fully saturated rings. The van der Waals surface area contributed by atoms with Gasteiger partial charge in [0.2, 0.25) is 0 Å². The second-order valence-electron chi connectivity index (χ2n) is 3.76. The van der Waals surface area contributed by atoms with Crippen molar-refractivity contribution in [3.05, 3.63) is 59.2 Å². The summed E-state index contributed by atoms with van der Waals surface area (Å²) in [7, 11) is 0. The van der Waals surface area contributed by atoms with Crippen molar-refractivity contribution < 1.29 is 9.59 Å². The zero-order chi connectivity index (χ0) is 11.1. The fourth-order valence-corrected chi connectivity index (χ4v) is 2.20. The Hall–Kier alpha value is -2.22. The van der Waals surface area contributed by atoms with Crippen molar-refractivity contribution in [3.8, 4) is 11.1 Å². The van der Waals surface area contributed by atoms with Crippen molar-refractivity contribution in [1.29, 1.82) is 0 Å². The number of carbonyl (C=O) groups excluding carboxylic acids is 2. The Labute approximate surface area is 92.5 Å². The van der Waals surface area contributed by atoms with Crippen LogP contribution in [0.3, 0.4) is 0 Å². The minimum Gasteiger partial charge on any atom is -0.298 e. The van der Waals surface area contributed by atoms with Crippen LogP contribution in [0.2, 0.25) is 0 Å². The van der Waals surface area contributed by atoms with Crippen LogP contribution in [0, 0.1) is 0 Å². The van der Waals surface area contributed by atoms with Gasteiger partial charge in [0, 0.05) is 22.3 Å². The molecule has 1 aliphatic rings. The molecule has 16 heavy (non-hydrogen) atoms. The maximum atomic E-state index is 12.0. The van der Waals surface area contributed by atoms with Crippen LogP contribution in [-0.4, -0.2) is 12.1 Å². The summed E-state index contributed by atoms with van der Waals surface area (Å²) >= 11 is 0. The van der Waals surface area contributed by atoms with Crippen molar-refractivity contribution in [1.82, 2.24) is 0 Å². The lowest BCUT2D eigenvalue weighted by Gasteiger charge is -2.01. The van der Waals surface area contributed by atoms with E-state index in [4.69, 9.17) is 0 Å². The van der Waals surface area contributed by atoms with Gasteiger partial charge in [0.1, 0.15) is 0 Å². The Morgan fingerprint density at radius 1 is 0.812 bits per heavy atom. The van der Waals surface area contributed by atoms with Gasteiger partial charge < -0.3 is 0 Å². The first-order chi connectivity index (χ1) is 7.83. The Balaban J connectivity index is 2.44. The van der Waals surface area contributed by atoms with Gasteiger partial charge >= 0.3 is 0 Å². The lowest BCUT2D eigenvalue weighted by molar-refractivity contribution is 0.104. The van der Waals surface area contributed by atoms with Crippen LogP contribution in [0.25, 0.3) is 11.1 Å². The topological polar surface area (TPSA) is 34.1 Å². The Morgan fingerprint density at radius 3 is 2.25 bits per heavy atom. The van der Waals surface area contributed by atoms with E-state index in [1.165, 1.54) is 0 Å². The second-order valence-corrected chi connectivity index (χ2v) is 3.76. The Bertz CT molecular complexity index is 612.